The SMILES string of the molecule is C[C@@H](OC(=O)c1nn(C)c(=O)c2ccccc12)C(=O)NC1CCCCCC1. The van der Waals surface area contributed by atoms with Crippen molar-refractivity contribution in [1.29, 1.82) is 0 Å². The number of benzene rings is 1. The fourth-order valence-electron chi connectivity index (χ4n) is 3.46. The Morgan fingerprint density at radius 3 is 2.44 bits per heavy atom. The van der Waals surface area contributed by atoms with E-state index in [9.17, 15) is 14.4 Å². The van der Waals surface area contributed by atoms with Gasteiger partial charge in [-0.2, -0.15) is 5.10 Å². The molecule has 0 saturated heterocycles. The summed E-state index contributed by atoms with van der Waals surface area (Å²) in [5.74, 6) is -1.02. The maximum absolute atomic E-state index is 12.6. The van der Waals surface area contributed by atoms with Gasteiger partial charge < -0.3 is 10.1 Å². The highest BCUT2D eigenvalue weighted by Crippen LogP contribution is 2.18. The minimum Gasteiger partial charge on any atom is -0.448 e. The quantitative estimate of drug-likeness (QED) is 0.658. The predicted octanol–water partition coefficient (Wildman–Crippen LogP) is 2.32. The molecule has 144 valence electrons. The maximum Gasteiger partial charge on any atom is 0.360 e. The summed E-state index contributed by atoms with van der Waals surface area (Å²) in [5, 5.41) is 7.83. The van der Waals surface area contributed by atoms with Gasteiger partial charge in [-0.25, -0.2) is 9.48 Å². The highest BCUT2D eigenvalue weighted by atomic mass is 16.5. The van der Waals surface area contributed by atoms with E-state index < -0.39 is 12.1 Å². The number of hydrogen-bond acceptors (Lipinski definition) is 5. The van der Waals surface area contributed by atoms with Gasteiger partial charge in [0.25, 0.3) is 11.5 Å². The lowest BCUT2D eigenvalue weighted by Crippen LogP contribution is -2.42. The molecule has 0 radical (unpaired) electrons. The first-order valence-corrected chi connectivity index (χ1v) is 9.45. The normalized spacial score (nSPS) is 16.5. The average Bonchev–Trinajstić information content (AvgIpc) is 2.93. The number of amides is 1. The number of carbonyl (C=O) groups excluding carboxylic acids is 2. The molecule has 1 aromatic heterocycles. The minimum absolute atomic E-state index is 0.0295. The average molecular weight is 371 g/mol. The number of nitrogens with one attached hydrogen (secondary N) is 1. The number of hydrogen-bond donors (Lipinski definition) is 1. The molecule has 7 nitrogen and oxygen atoms in total. The molecule has 0 spiro atoms. The van der Waals surface area contributed by atoms with Crippen LogP contribution in [0, 0.1) is 0 Å². The van der Waals surface area contributed by atoms with Crippen LogP contribution in [-0.2, 0) is 16.6 Å². The molecular weight excluding hydrogens is 346 g/mol. The number of fused-ring (bicyclic) bond motifs is 1. The first kappa shape index (κ1) is 19.1. The third kappa shape index (κ3) is 4.35. The predicted molar refractivity (Wildman–Crippen MR) is 101 cm³/mol. The first-order valence-electron chi connectivity index (χ1n) is 9.45. The Hall–Kier alpha value is -2.70. The third-order valence-corrected chi connectivity index (χ3v) is 5.00. The molecule has 2 aromatic rings. The molecule has 0 aliphatic heterocycles. The summed E-state index contributed by atoms with van der Waals surface area (Å²) in [5.41, 5.74) is -0.261. The van der Waals surface area contributed by atoms with Crippen molar-refractivity contribution in [2.45, 2.75) is 57.6 Å². The molecule has 3 rings (SSSR count). The van der Waals surface area contributed by atoms with Gasteiger partial charge in [-0.15, -0.1) is 0 Å². The van der Waals surface area contributed by atoms with Gasteiger partial charge in [0.2, 0.25) is 0 Å². The maximum atomic E-state index is 12.6. The molecule has 0 bridgehead atoms. The van der Waals surface area contributed by atoms with E-state index in [2.05, 4.69) is 10.4 Å². The van der Waals surface area contributed by atoms with E-state index in [0.29, 0.717) is 10.8 Å². The zero-order chi connectivity index (χ0) is 19.4. The number of rotatable bonds is 4. The van der Waals surface area contributed by atoms with Crippen LogP contribution in [0.2, 0.25) is 0 Å². The Labute approximate surface area is 157 Å². The van der Waals surface area contributed by atoms with Crippen LogP contribution in [-0.4, -0.2) is 33.8 Å². The summed E-state index contributed by atoms with van der Waals surface area (Å²) in [6, 6.07) is 6.87. The molecule has 1 N–H and O–H groups in total. The smallest absolute Gasteiger partial charge is 0.360 e. The molecule has 0 unspecified atom stereocenters. The fraction of sp³-hybridized carbons (Fsp3) is 0.500. The van der Waals surface area contributed by atoms with Gasteiger partial charge in [-0.05, 0) is 25.8 Å². The number of aromatic nitrogens is 2. The monoisotopic (exact) mass is 371 g/mol. The van der Waals surface area contributed by atoms with Gasteiger partial charge in [0.05, 0.1) is 5.39 Å². The zero-order valence-electron chi connectivity index (χ0n) is 15.7. The van der Waals surface area contributed by atoms with Crippen LogP contribution in [0.3, 0.4) is 0 Å². The van der Waals surface area contributed by atoms with Crippen LogP contribution >= 0.6 is 0 Å². The molecule has 1 heterocycles. The van der Waals surface area contributed by atoms with Gasteiger partial charge in [0.1, 0.15) is 0 Å². The van der Waals surface area contributed by atoms with E-state index >= 15 is 0 Å². The van der Waals surface area contributed by atoms with Crippen LogP contribution in [0.15, 0.2) is 29.1 Å². The van der Waals surface area contributed by atoms with Crippen LogP contribution in [0.25, 0.3) is 10.8 Å². The topological polar surface area (TPSA) is 90.3 Å². The number of carbonyl (C=O) groups is 2. The first-order chi connectivity index (χ1) is 13.0. The lowest BCUT2D eigenvalue weighted by Gasteiger charge is -2.19. The van der Waals surface area contributed by atoms with Crippen molar-refractivity contribution in [3.63, 3.8) is 0 Å². The van der Waals surface area contributed by atoms with Crippen molar-refractivity contribution < 1.29 is 14.3 Å². The summed E-state index contributed by atoms with van der Waals surface area (Å²) >= 11 is 0. The summed E-state index contributed by atoms with van der Waals surface area (Å²) in [4.78, 5) is 37.2. The lowest BCUT2D eigenvalue weighted by molar-refractivity contribution is -0.129. The van der Waals surface area contributed by atoms with Crippen molar-refractivity contribution in [2.24, 2.45) is 7.05 Å². The van der Waals surface area contributed by atoms with Gasteiger partial charge in [0.15, 0.2) is 11.8 Å². The highest BCUT2D eigenvalue weighted by molar-refractivity contribution is 6.02. The van der Waals surface area contributed by atoms with Crippen LogP contribution < -0.4 is 10.9 Å². The molecule has 1 aliphatic rings. The minimum atomic E-state index is -0.932. The molecule has 1 amide bonds. The Morgan fingerprint density at radius 2 is 1.78 bits per heavy atom. The second-order valence-corrected chi connectivity index (χ2v) is 7.07. The lowest BCUT2D eigenvalue weighted by atomic mass is 10.1. The summed E-state index contributed by atoms with van der Waals surface area (Å²) < 4.78 is 6.45. The second-order valence-electron chi connectivity index (χ2n) is 7.07. The van der Waals surface area contributed by atoms with Crippen LogP contribution in [0.1, 0.15) is 55.9 Å². The fourth-order valence-corrected chi connectivity index (χ4v) is 3.46. The van der Waals surface area contributed by atoms with Crippen molar-refractivity contribution in [3.8, 4) is 0 Å². The summed E-state index contributed by atoms with van der Waals surface area (Å²) in [7, 11) is 1.48. The van der Waals surface area contributed by atoms with Crippen molar-refractivity contribution in [2.75, 3.05) is 0 Å². The van der Waals surface area contributed by atoms with Crippen molar-refractivity contribution in [3.05, 3.63) is 40.3 Å². The molecule has 1 saturated carbocycles. The molecule has 27 heavy (non-hydrogen) atoms. The van der Waals surface area contributed by atoms with Gasteiger partial charge in [-0.1, -0.05) is 43.9 Å². The number of aryl methyl sites for hydroxylation is 1. The largest absolute Gasteiger partial charge is 0.448 e. The van der Waals surface area contributed by atoms with Crippen molar-refractivity contribution >= 4 is 22.6 Å². The Morgan fingerprint density at radius 1 is 1.15 bits per heavy atom. The Balaban J connectivity index is 1.73. The number of nitrogens with zero attached hydrogens (tertiary/aromatic N) is 2. The zero-order valence-corrected chi connectivity index (χ0v) is 15.7. The van der Waals surface area contributed by atoms with Gasteiger partial charge in [0, 0.05) is 18.5 Å². The standard InChI is InChI=1S/C20H25N3O4/c1-13(18(24)21-14-9-5-3-4-6-10-14)27-20(26)17-15-11-7-8-12-16(15)19(25)23(2)22-17/h7-8,11-14H,3-6,9-10H2,1-2H3,(H,21,24)/t13-/m1/s1. The summed E-state index contributed by atoms with van der Waals surface area (Å²) in [6.07, 6.45) is 5.59. The van der Waals surface area contributed by atoms with E-state index in [-0.39, 0.29) is 23.2 Å². The Bertz CT molecular complexity index is 898. The summed E-state index contributed by atoms with van der Waals surface area (Å²) in [6.45, 7) is 1.55. The number of esters is 1. The van der Waals surface area contributed by atoms with Gasteiger partial charge in [-0.3, -0.25) is 9.59 Å². The van der Waals surface area contributed by atoms with E-state index in [1.54, 1.807) is 31.2 Å². The van der Waals surface area contributed by atoms with Crippen LogP contribution in [0.5, 0.6) is 0 Å². The highest BCUT2D eigenvalue weighted by Gasteiger charge is 2.24. The number of ether oxygens (including phenoxy) is 1. The van der Waals surface area contributed by atoms with Crippen LogP contribution in [0.4, 0.5) is 0 Å². The molecule has 1 fully saturated rings. The Kier molecular flexibility index (Phi) is 5.88. The molecular formula is C20H25N3O4. The van der Waals surface area contributed by atoms with E-state index in [1.807, 2.05) is 0 Å². The van der Waals surface area contributed by atoms with E-state index in [0.717, 1.165) is 30.4 Å². The molecule has 7 heteroatoms. The van der Waals surface area contributed by atoms with Gasteiger partial charge >= 0.3 is 5.97 Å². The third-order valence-electron chi connectivity index (χ3n) is 5.00. The van der Waals surface area contributed by atoms with Crippen molar-refractivity contribution in [1.82, 2.24) is 15.1 Å². The second kappa shape index (κ2) is 8.33. The molecule has 1 aromatic carbocycles. The molecule has 1 aliphatic carbocycles. The molecule has 1 atom stereocenters. The van der Waals surface area contributed by atoms with E-state index in [1.165, 1.54) is 19.9 Å². The van der Waals surface area contributed by atoms with E-state index in [4.69, 9.17) is 4.74 Å².